The topological polar surface area (TPSA) is 76.8 Å². The van der Waals surface area contributed by atoms with Crippen LogP contribution in [0, 0.1) is 0 Å². The summed E-state index contributed by atoms with van der Waals surface area (Å²) >= 11 is 0. The number of nitrogens with zero attached hydrogens (tertiary/aromatic N) is 1. The van der Waals surface area contributed by atoms with Gasteiger partial charge in [0.05, 0.1) is 12.2 Å². The second-order valence-corrected chi connectivity index (χ2v) is 4.82. The van der Waals surface area contributed by atoms with E-state index in [0.29, 0.717) is 24.0 Å². The molecule has 1 unspecified atom stereocenters. The van der Waals surface area contributed by atoms with E-state index in [0.717, 1.165) is 26.2 Å². The minimum Gasteiger partial charge on any atom is -0.491 e. The number of rotatable bonds is 6. The lowest BCUT2D eigenvalue weighted by atomic mass is 10.2. The van der Waals surface area contributed by atoms with E-state index in [1.807, 2.05) is 6.07 Å². The number of hydrogen-bond donors (Lipinski definition) is 2. The van der Waals surface area contributed by atoms with Gasteiger partial charge in [-0.2, -0.15) is 0 Å². The largest absolute Gasteiger partial charge is 0.491 e. The van der Waals surface area contributed by atoms with Gasteiger partial charge in [0.15, 0.2) is 0 Å². The molecule has 0 radical (unpaired) electrons. The molecule has 0 bridgehead atoms. The Morgan fingerprint density at radius 1 is 1.55 bits per heavy atom. The monoisotopic (exact) mass is 279 g/mol. The van der Waals surface area contributed by atoms with Crippen molar-refractivity contribution in [1.29, 1.82) is 0 Å². The summed E-state index contributed by atoms with van der Waals surface area (Å²) in [6, 6.07) is 7.52. The molecule has 0 aromatic heterocycles. The van der Waals surface area contributed by atoms with E-state index < -0.39 is 0 Å². The number of hydrogen-bond acceptors (Lipinski definition) is 5. The van der Waals surface area contributed by atoms with Crippen molar-refractivity contribution in [2.45, 2.75) is 12.5 Å². The van der Waals surface area contributed by atoms with E-state index in [9.17, 15) is 4.79 Å². The van der Waals surface area contributed by atoms with E-state index in [1.54, 1.807) is 18.2 Å². The fourth-order valence-corrected chi connectivity index (χ4v) is 2.21. The number of amides is 1. The molecule has 1 aliphatic heterocycles. The lowest BCUT2D eigenvalue weighted by Gasteiger charge is -2.22. The number of nitrogen functional groups attached to an aromatic ring is 1. The van der Waals surface area contributed by atoms with Crippen molar-refractivity contribution in [2.24, 2.45) is 5.84 Å². The van der Waals surface area contributed by atoms with E-state index >= 15 is 0 Å². The maximum atomic E-state index is 11.6. The Morgan fingerprint density at radius 3 is 3.05 bits per heavy atom. The minimum absolute atomic E-state index is 0.349. The van der Waals surface area contributed by atoms with Crippen molar-refractivity contribution < 1.29 is 14.3 Å². The number of carbonyl (C=O) groups is 1. The zero-order chi connectivity index (χ0) is 14.4. The Bertz CT molecular complexity index is 447. The molecule has 1 fully saturated rings. The van der Waals surface area contributed by atoms with Crippen LogP contribution in [0.2, 0.25) is 0 Å². The average Bonchev–Trinajstić information content (AvgIpc) is 3.01. The zero-order valence-electron chi connectivity index (χ0n) is 11.7. The minimum atomic E-state index is -0.349. The highest BCUT2D eigenvalue weighted by Crippen LogP contribution is 2.18. The lowest BCUT2D eigenvalue weighted by molar-refractivity contribution is 0.0948. The quantitative estimate of drug-likeness (QED) is 0.447. The molecule has 6 nitrogen and oxygen atoms in total. The molecule has 20 heavy (non-hydrogen) atoms. The van der Waals surface area contributed by atoms with Crippen LogP contribution in [-0.4, -0.2) is 50.3 Å². The molecule has 1 aliphatic rings. The summed E-state index contributed by atoms with van der Waals surface area (Å²) in [5.74, 6) is 5.35. The number of likely N-dealkylation sites (N-methyl/N-ethyl adjacent to an activating group) is 1. The second kappa shape index (κ2) is 7.23. The number of nitrogens with two attached hydrogens (primary N) is 1. The van der Waals surface area contributed by atoms with E-state index in [1.165, 1.54) is 0 Å². The Labute approximate surface area is 118 Å². The number of nitrogens with one attached hydrogen (secondary N) is 1. The van der Waals surface area contributed by atoms with Gasteiger partial charge in [-0.25, -0.2) is 5.84 Å². The van der Waals surface area contributed by atoms with Gasteiger partial charge < -0.3 is 9.47 Å². The predicted octanol–water partition coefficient (Wildman–Crippen LogP) is 0.390. The van der Waals surface area contributed by atoms with Crippen LogP contribution < -0.4 is 16.0 Å². The number of carbonyl (C=O) groups excluding carboxylic acids is 1. The van der Waals surface area contributed by atoms with Gasteiger partial charge in [-0.15, -0.1) is 0 Å². The standard InChI is InChI=1S/C14H21N3O3/c1-17(11-6-8-19-10-11)7-9-20-13-5-3-2-4-12(13)14(18)16-15/h2-5,11H,6-10,15H2,1H3,(H,16,18). The normalized spacial score (nSPS) is 18.2. The van der Waals surface area contributed by atoms with Crippen LogP contribution in [0.1, 0.15) is 16.8 Å². The smallest absolute Gasteiger partial charge is 0.268 e. The third-order valence-electron chi connectivity index (χ3n) is 3.49. The Hall–Kier alpha value is -1.63. The molecule has 1 amide bonds. The molecule has 0 saturated carbocycles. The molecular weight excluding hydrogens is 258 g/mol. The van der Waals surface area contributed by atoms with Gasteiger partial charge in [0.1, 0.15) is 12.4 Å². The predicted molar refractivity (Wildman–Crippen MR) is 75.4 cm³/mol. The van der Waals surface area contributed by atoms with Crippen LogP contribution in [0.15, 0.2) is 24.3 Å². The molecule has 1 aromatic carbocycles. The maximum absolute atomic E-state index is 11.6. The van der Waals surface area contributed by atoms with Gasteiger partial charge in [-0.3, -0.25) is 15.1 Å². The highest BCUT2D eigenvalue weighted by Gasteiger charge is 2.20. The summed E-state index contributed by atoms with van der Waals surface area (Å²) in [7, 11) is 2.06. The summed E-state index contributed by atoms with van der Waals surface area (Å²) in [4.78, 5) is 13.8. The van der Waals surface area contributed by atoms with Crippen LogP contribution in [0.4, 0.5) is 0 Å². The van der Waals surface area contributed by atoms with Crippen molar-refractivity contribution in [2.75, 3.05) is 33.4 Å². The summed E-state index contributed by atoms with van der Waals surface area (Å²) < 4.78 is 11.1. The summed E-state index contributed by atoms with van der Waals surface area (Å²) in [6.07, 6.45) is 1.06. The molecular formula is C14H21N3O3. The van der Waals surface area contributed by atoms with E-state index in [-0.39, 0.29) is 5.91 Å². The van der Waals surface area contributed by atoms with Crippen molar-refractivity contribution in [3.8, 4) is 5.75 Å². The Morgan fingerprint density at radius 2 is 2.35 bits per heavy atom. The Kier molecular flexibility index (Phi) is 5.34. The number of ether oxygens (including phenoxy) is 2. The molecule has 6 heteroatoms. The van der Waals surface area contributed by atoms with Gasteiger partial charge in [0, 0.05) is 19.2 Å². The van der Waals surface area contributed by atoms with Crippen molar-refractivity contribution >= 4 is 5.91 Å². The third-order valence-corrected chi connectivity index (χ3v) is 3.49. The highest BCUT2D eigenvalue weighted by molar-refractivity contribution is 5.96. The van der Waals surface area contributed by atoms with Gasteiger partial charge in [0.25, 0.3) is 5.91 Å². The number of para-hydroxylation sites is 1. The van der Waals surface area contributed by atoms with Gasteiger partial charge in [-0.1, -0.05) is 12.1 Å². The summed E-state index contributed by atoms with van der Waals surface area (Å²) in [5, 5.41) is 0. The van der Waals surface area contributed by atoms with Gasteiger partial charge in [-0.05, 0) is 25.6 Å². The SMILES string of the molecule is CN(CCOc1ccccc1C(=O)NN)C1CCOC1. The van der Waals surface area contributed by atoms with Crippen LogP contribution in [0.25, 0.3) is 0 Å². The van der Waals surface area contributed by atoms with Crippen LogP contribution in [-0.2, 0) is 4.74 Å². The van der Waals surface area contributed by atoms with Crippen LogP contribution >= 0.6 is 0 Å². The van der Waals surface area contributed by atoms with Crippen LogP contribution in [0.3, 0.4) is 0 Å². The number of hydrazine groups is 1. The van der Waals surface area contributed by atoms with E-state index in [2.05, 4.69) is 17.4 Å². The molecule has 3 N–H and O–H groups in total. The number of benzene rings is 1. The second-order valence-electron chi connectivity index (χ2n) is 4.82. The molecule has 0 aliphatic carbocycles. The third kappa shape index (κ3) is 3.69. The molecule has 110 valence electrons. The van der Waals surface area contributed by atoms with Crippen LogP contribution in [0.5, 0.6) is 5.75 Å². The van der Waals surface area contributed by atoms with Crippen molar-refractivity contribution in [3.63, 3.8) is 0 Å². The fourth-order valence-electron chi connectivity index (χ4n) is 2.21. The Balaban J connectivity index is 1.86. The molecule has 1 heterocycles. The first kappa shape index (κ1) is 14.8. The maximum Gasteiger partial charge on any atom is 0.268 e. The molecule has 1 saturated heterocycles. The summed E-state index contributed by atoms with van der Waals surface area (Å²) in [6.45, 7) is 2.91. The highest BCUT2D eigenvalue weighted by atomic mass is 16.5. The van der Waals surface area contributed by atoms with Gasteiger partial charge in [0.2, 0.25) is 0 Å². The first-order chi connectivity index (χ1) is 9.72. The first-order valence-corrected chi connectivity index (χ1v) is 6.73. The van der Waals surface area contributed by atoms with Gasteiger partial charge >= 0.3 is 0 Å². The van der Waals surface area contributed by atoms with E-state index in [4.69, 9.17) is 15.3 Å². The van der Waals surface area contributed by atoms with Crippen molar-refractivity contribution in [1.82, 2.24) is 10.3 Å². The molecule has 1 atom stereocenters. The molecule has 1 aromatic rings. The van der Waals surface area contributed by atoms with Crippen molar-refractivity contribution in [3.05, 3.63) is 29.8 Å². The fraction of sp³-hybridized carbons (Fsp3) is 0.500. The zero-order valence-corrected chi connectivity index (χ0v) is 11.7. The summed E-state index contributed by atoms with van der Waals surface area (Å²) in [5.41, 5.74) is 2.57. The molecule has 0 spiro atoms. The average molecular weight is 279 g/mol. The molecule has 2 rings (SSSR count). The first-order valence-electron chi connectivity index (χ1n) is 6.73. The lowest BCUT2D eigenvalue weighted by Crippen LogP contribution is -2.35.